The van der Waals surface area contributed by atoms with E-state index in [2.05, 4.69) is 33.7 Å². The molecule has 0 atom stereocenters. The molecular formula is C22H18ClN3O2. The smallest absolute Gasteiger partial charge is 0.227 e. The van der Waals surface area contributed by atoms with E-state index < -0.39 is 0 Å². The molecule has 1 N–H and O–H groups in total. The average Bonchev–Trinajstić information content (AvgIpc) is 3.20. The minimum absolute atomic E-state index is 0.0598. The van der Waals surface area contributed by atoms with E-state index in [1.165, 1.54) is 0 Å². The SMILES string of the molecule is O=C(CCc1nc(-c2cccc(Cl)c2)no1)NCc1cccc2ccccc12. The number of hydrogen-bond acceptors (Lipinski definition) is 4. The van der Waals surface area contributed by atoms with Gasteiger partial charge in [0.2, 0.25) is 17.6 Å². The molecule has 0 fully saturated rings. The number of carbonyl (C=O) groups excluding carboxylic acids is 1. The Balaban J connectivity index is 1.34. The lowest BCUT2D eigenvalue weighted by Crippen LogP contribution is -2.23. The summed E-state index contributed by atoms with van der Waals surface area (Å²) in [5.41, 5.74) is 1.87. The first-order valence-electron chi connectivity index (χ1n) is 9.01. The van der Waals surface area contributed by atoms with Gasteiger partial charge in [-0.1, -0.05) is 71.4 Å². The zero-order valence-corrected chi connectivity index (χ0v) is 15.8. The molecule has 1 aromatic heterocycles. The Bertz CT molecular complexity index is 1120. The second kappa shape index (κ2) is 8.23. The van der Waals surface area contributed by atoms with Crippen molar-refractivity contribution in [2.45, 2.75) is 19.4 Å². The fraction of sp³-hybridized carbons (Fsp3) is 0.136. The van der Waals surface area contributed by atoms with Gasteiger partial charge < -0.3 is 9.84 Å². The van der Waals surface area contributed by atoms with E-state index in [9.17, 15) is 4.79 Å². The number of carbonyl (C=O) groups is 1. The maximum Gasteiger partial charge on any atom is 0.227 e. The van der Waals surface area contributed by atoms with Crippen LogP contribution in [0.2, 0.25) is 5.02 Å². The Morgan fingerprint density at radius 3 is 2.75 bits per heavy atom. The topological polar surface area (TPSA) is 68.0 Å². The third-order valence-corrected chi connectivity index (χ3v) is 4.71. The number of amides is 1. The van der Waals surface area contributed by atoms with Crippen molar-refractivity contribution >= 4 is 28.3 Å². The van der Waals surface area contributed by atoms with Crippen LogP contribution in [-0.2, 0) is 17.8 Å². The van der Waals surface area contributed by atoms with Gasteiger partial charge in [0.05, 0.1) is 0 Å². The summed E-state index contributed by atoms with van der Waals surface area (Å²) in [5, 5.41) is 9.83. The van der Waals surface area contributed by atoms with E-state index in [4.69, 9.17) is 16.1 Å². The summed E-state index contributed by atoms with van der Waals surface area (Å²) >= 11 is 5.99. The van der Waals surface area contributed by atoms with E-state index in [0.717, 1.165) is 21.9 Å². The van der Waals surface area contributed by atoms with E-state index in [1.54, 1.807) is 12.1 Å². The molecule has 0 saturated carbocycles. The van der Waals surface area contributed by atoms with Gasteiger partial charge in [0.1, 0.15) is 0 Å². The summed E-state index contributed by atoms with van der Waals surface area (Å²) in [5.74, 6) is 0.833. The van der Waals surface area contributed by atoms with Crippen molar-refractivity contribution in [3.05, 3.63) is 83.2 Å². The van der Waals surface area contributed by atoms with Crippen LogP contribution in [0.3, 0.4) is 0 Å². The first-order chi connectivity index (χ1) is 13.7. The first-order valence-corrected chi connectivity index (χ1v) is 9.39. The Kier molecular flexibility index (Phi) is 5.35. The molecular weight excluding hydrogens is 374 g/mol. The molecule has 0 aliphatic carbocycles. The second-order valence-corrected chi connectivity index (χ2v) is 6.87. The van der Waals surface area contributed by atoms with Gasteiger partial charge in [-0.15, -0.1) is 0 Å². The lowest BCUT2D eigenvalue weighted by molar-refractivity contribution is -0.121. The predicted octanol–water partition coefficient (Wildman–Crippen LogP) is 4.79. The first kappa shape index (κ1) is 18.2. The number of fused-ring (bicyclic) bond motifs is 1. The quantitative estimate of drug-likeness (QED) is 0.513. The fourth-order valence-electron chi connectivity index (χ4n) is 3.05. The number of benzene rings is 3. The highest BCUT2D eigenvalue weighted by Crippen LogP contribution is 2.20. The molecule has 0 aliphatic rings. The van der Waals surface area contributed by atoms with Gasteiger partial charge in [0.15, 0.2) is 0 Å². The van der Waals surface area contributed by atoms with Crippen molar-refractivity contribution in [3.8, 4) is 11.4 Å². The van der Waals surface area contributed by atoms with Crippen LogP contribution < -0.4 is 5.32 Å². The van der Waals surface area contributed by atoms with E-state index >= 15 is 0 Å². The molecule has 4 aromatic rings. The number of nitrogens with one attached hydrogen (secondary N) is 1. The summed E-state index contributed by atoms with van der Waals surface area (Å²) in [4.78, 5) is 16.6. The summed E-state index contributed by atoms with van der Waals surface area (Å²) in [6.07, 6.45) is 0.664. The summed E-state index contributed by atoms with van der Waals surface area (Å²) < 4.78 is 5.25. The van der Waals surface area contributed by atoms with E-state index in [1.807, 2.05) is 36.4 Å². The molecule has 0 saturated heterocycles. The molecule has 0 aliphatic heterocycles. The zero-order valence-electron chi connectivity index (χ0n) is 15.1. The van der Waals surface area contributed by atoms with Crippen molar-refractivity contribution in [1.82, 2.24) is 15.5 Å². The molecule has 6 heteroatoms. The van der Waals surface area contributed by atoms with Gasteiger partial charge in [0.25, 0.3) is 0 Å². The fourth-order valence-corrected chi connectivity index (χ4v) is 3.24. The van der Waals surface area contributed by atoms with Crippen molar-refractivity contribution in [3.63, 3.8) is 0 Å². The molecule has 0 spiro atoms. The predicted molar refractivity (Wildman–Crippen MR) is 109 cm³/mol. The second-order valence-electron chi connectivity index (χ2n) is 6.44. The number of rotatable bonds is 6. The standard InChI is InChI=1S/C22H18ClN3O2/c23-18-9-4-7-16(13-18)22-25-21(28-26-22)12-11-20(27)24-14-17-8-3-6-15-5-1-2-10-19(15)17/h1-10,13H,11-12,14H2,(H,24,27). The average molecular weight is 392 g/mol. The van der Waals surface area contributed by atoms with Crippen LogP contribution in [0, 0.1) is 0 Å². The lowest BCUT2D eigenvalue weighted by atomic mass is 10.0. The molecule has 5 nitrogen and oxygen atoms in total. The molecule has 0 radical (unpaired) electrons. The third kappa shape index (κ3) is 4.21. The van der Waals surface area contributed by atoms with Gasteiger partial charge >= 0.3 is 0 Å². The largest absolute Gasteiger partial charge is 0.352 e. The highest BCUT2D eigenvalue weighted by Gasteiger charge is 2.11. The van der Waals surface area contributed by atoms with Crippen LogP contribution >= 0.6 is 11.6 Å². The van der Waals surface area contributed by atoms with Crippen LogP contribution in [0.1, 0.15) is 17.9 Å². The maximum absolute atomic E-state index is 12.2. The van der Waals surface area contributed by atoms with Crippen LogP contribution in [0.5, 0.6) is 0 Å². The molecule has 4 rings (SSSR count). The van der Waals surface area contributed by atoms with Gasteiger partial charge in [0, 0.05) is 30.0 Å². The zero-order chi connectivity index (χ0) is 19.3. The van der Waals surface area contributed by atoms with Crippen molar-refractivity contribution in [2.75, 3.05) is 0 Å². The molecule has 140 valence electrons. The van der Waals surface area contributed by atoms with Crippen LogP contribution in [0.15, 0.2) is 71.3 Å². The van der Waals surface area contributed by atoms with Gasteiger partial charge in [-0.2, -0.15) is 4.98 Å². The Hall–Kier alpha value is -3.18. The minimum Gasteiger partial charge on any atom is -0.352 e. The number of aromatic nitrogens is 2. The number of nitrogens with zero attached hydrogens (tertiary/aromatic N) is 2. The minimum atomic E-state index is -0.0598. The summed E-state index contributed by atoms with van der Waals surface area (Å²) in [7, 11) is 0. The normalized spacial score (nSPS) is 10.9. The highest BCUT2D eigenvalue weighted by molar-refractivity contribution is 6.30. The van der Waals surface area contributed by atoms with Gasteiger partial charge in [-0.25, -0.2) is 0 Å². The number of hydrogen-bond donors (Lipinski definition) is 1. The van der Waals surface area contributed by atoms with Crippen molar-refractivity contribution in [1.29, 1.82) is 0 Å². The third-order valence-electron chi connectivity index (χ3n) is 4.47. The summed E-state index contributed by atoms with van der Waals surface area (Å²) in [6, 6.07) is 21.5. The van der Waals surface area contributed by atoms with E-state index in [-0.39, 0.29) is 12.3 Å². The lowest BCUT2D eigenvalue weighted by Gasteiger charge is -2.08. The van der Waals surface area contributed by atoms with Crippen molar-refractivity contribution in [2.24, 2.45) is 0 Å². The monoisotopic (exact) mass is 391 g/mol. The van der Waals surface area contributed by atoms with Crippen molar-refractivity contribution < 1.29 is 9.32 Å². The Labute approximate surface area is 167 Å². The summed E-state index contributed by atoms with van der Waals surface area (Å²) in [6.45, 7) is 0.484. The van der Waals surface area contributed by atoms with Crippen LogP contribution in [0.25, 0.3) is 22.2 Å². The Morgan fingerprint density at radius 1 is 1.04 bits per heavy atom. The van der Waals surface area contributed by atoms with Crippen LogP contribution in [0.4, 0.5) is 0 Å². The van der Waals surface area contributed by atoms with Crippen LogP contribution in [-0.4, -0.2) is 16.0 Å². The number of halogens is 1. The molecule has 1 amide bonds. The van der Waals surface area contributed by atoms with E-state index in [0.29, 0.717) is 29.7 Å². The molecule has 28 heavy (non-hydrogen) atoms. The molecule has 0 unspecified atom stereocenters. The molecule has 3 aromatic carbocycles. The maximum atomic E-state index is 12.2. The van der Waals surface area contributed by atoms with Gasteiger partial charge in [-0.3, -0.25) is 4.79 Å². The highest BCUT2D eigenvalue weighted by atomic mass is 35.5. The number of aryl methyl sites for hydroxylation is 1. The molecule has 0 bridgehead atoms. The Morgan fingerprint density at radius 2 is 1.86 bits per heavy atom. The van der Waals surface area contributed by atoms with Gasteiger partial charge in [-0.05, 0) is 28.5 Å². The molecule has 1 heterocycles.